The molecule has 3 rings (SSSR count). The standard InChI is InChI=1S/C16H20N6O4/c1-4-5-6-22-11-12(18(2)15(24)19(3)13(11)23)17-14(22)20-7-9-21(10-8-20)16(25)26/h6-10H2,1-3H3,(H,25,26). The van der Waals surface area contributed by atoms with Crippen molar-refractivity contribution in [1.29, 1.82) is 0 Å². The molecule has 2 aromatic rings. The normalized spacial score (nSPS) is 14.4. The number of imidazole rings is 1. The summed E-state index contributed by atoms with van der Waals surface area (Å²) in [6.07, 6.45) is -0.953. The first-order valence-electron chi connectivity index (χ1n) is 8.15. The number of carbonyl (C=O) groups is 1. The summed E-state index contributed by atoms with van der Waals surface area (Å²) in [7, 11) is 3.00. The lowest BCUT2D eigenvalue weighted by Gasteiger charge is -2.33. The number of aryl methyl sites for hydroxylation is 1. The van der Waals surface area contributed by atoms with Gasteiger partial charge in [-0.15, -0.1) is 5.92 Å². The Morgan fingerprint density at radius 2 is 1.81 bits per heavy atom. The van der Waals surface area contributed by atoms with Crippen LogP contribution in [0.1, 0.15) is 6.92 Å². The topological polar surface area (TPSA) is 106 Å². The lowest BCUT2D eigenvalue weighted by Crippen LogP contribution is -2.49. The van der Waals surface area contributed by atoms with Gasteiger partial charge < -0.3 is 14.9 Å². The maximum atomic E-state index is 12.7. The molecule has 0 aliphatic carbocycles. The summed E-state index contributed by atoms with van der Waals surface area (Å²) in [6.45, 7) is 3.55. The molecule has 10 heteroatoms. The van der Waals surface area contributed by atoms with Gasteiger partial charge in [0, 0.05) is 40.3 Å². The van der Waals surface area contributed by atoms with Gasteiger partial charge in [0.05, 0.1) is 6.54 Å². The Kier molecular flexibility index (Phi) is 4.46. The summed E-state index contributed by atoms with van der Waals surface area (Å²) in [4.78, 5) is 43.7. The van der Waals surface area contributed by atoms with Gasteiger partial charge in [-0.25, -0.2) is 9.59 Å². The second kappa shape index (κ2) is 6.59. The van der Waals surface area contributed by atoms with E-state index in [0.29, 0.717) is 43.3 Å². The highest BCUT2D eigenvalue weighted by atomic mass is 16.4. The van der Waals surface area contributed by atoms with Crippen molar-refractivity contribution in [1.82, 2.24) is 23.6 Å². The third-order valence-electron chi connectivity index (χ3n) is 4.57. The summed E-state index contributed by atoms with van der Waals surface area (Å²) < 4.78 is 4.08. The molecule has 0 spiro atoms. The van der Waals surface area contributed by atoms with E-state index in [9.17, 15) is 14.4 Å². The minimum Gasteiger partial charge on any atom is -0.465 e. The molecular formula is C16H20N6O4. The quantitative estimate of drug-likeness (QED) is 0.707. The molecule has 1 aliphatic rings. The maximum Gasteiger partial charge on any atom is 0.407 e. The van der Waals surface area contributed by atoms with Crippen LogP contribution in [0.2, 0.25) is 0 Å². The minimum absolute atomic E-state index is 0.259. The molecule has 1 fully saturated rings. The number of nitrogens with zero attached hydrogens (tertiary/aromatic N) is 6. The van der Waals surface area contributed by atoms with Crippen molar-refractivity contribution < 1.29 is 9.90 Å². The molecule has 1 N–H and O–H groups in total. The van der Waals surface area contributed by atoms with Gasteiger partial charge in [0.25, 0.3) is 5.56 Å². The maximum absolute atomic E-state index is 12.7. The molecule has 0 aromatic carbocycles. The van der Waals surface area contributed by atoms with Crippen LogP contribution in [0.15, 0.2) is 9.59 Å². The third kappa shape index (κ3) is 2.71. The van der Waals surface area contributed by atoms with E-state index in [1.54, 1.807) is 18.5 Å². The third-order valence-corrected chi connectivity index (χ3v) is 4.57. The highest BCUT2D eigenvalue weighted by Crippen LogP contribution is 2.20. The molecule has 1 saturated heterocycles. The van der Waals surface area contributed by atoms with E-state index in [1.807, 2.05) is 4.90 Å². The fourth-order valence-electron chi connectivity index (χ4n) is 3.08. The van der Waals surface area contributed by atoms with Gasteiger partial charge in [-0.1, -0.05) is 5.92 Å². The van der Waals surface area contributed by atoms with E-state index < -0.39 is 17.3 Å². The molecule has 1 amide bonds. The van der Waals surface area contributed by atoms with Crippen LogP contribution in [-0.2, 0) is 20.6 Å². The first-order valence-corrected chi connectivity index (χ1v) is 8.15. The number of piperazine rings is 1. The summed E-state index contributed by atoms with van der Waals surface area (Å²) in [5, 5.41) is 9.10. The molecule has 0 unspecified atom stereocenters. The van der Waals surface area contributed by atoms with Crippen LogP contribution in [0, 0.1) is 11.8 Å². The van der Waals surface area contributed by atoms with Crippen molar-refractivity contribution in [3.05, 3.63) is 20.8 Å². The lowest BCUT2D eigenvalue weighted by molar-refractivity contribution is 0.142. The van der Waals surface area contributed by atoms with Crippen LogP contribution in [-0.4, -0.2) is 61.0 Å². The number of aromatic nitrogens is 4. The smallest absolute Gasteiger partial charge is 0.407 e. The molecule has 0 bridgehead atoms. The summed E-state index contributed by atoms with van der Waals surface area (Å²) >= 11 is 0. The molecule has 0 atom stereocenters. The molecule has 10 nitrogen and oxygen atoms in total. The minimum atomic E-state index is -0.953. The second-order valence-corrected chi connectivity index (χ2v) is 6.06. The summed E-state index contributed by atoms with van der Waals surface area (Å²) in [5.74, 6) is 6.26. The number of anilines is 1. The fourth-order valence-corrected chi connectivity index (χ4v) is 3.08. The van der Waals surface area contributed by atoms with Gasteiger partial charge >= 0.3 is 11.8 Å². The number of rotatable bonds is 2. The van der Waals surface area contributed by atoms with Crippen LogP contribution in [0.3, 0.4) is 0 Å². The predicted octanol–water partition coefficient (Wildman–Crippen LogP) is -0.743. The highest BCUT2D eigenvalue weighted by Gasteiger charge is 2.26. The predicted molar refractivity (Wildman–Crippen MR) is 95.5 cm³/mol. The Morgan fingerprint density at radius 3 is 2.38 bits per heavy atom. The van der Waals surface area contributed by atoms with Gasteiger partial charge in [0.2, 0.25) is 5.95 Å². The van der Waals surface area contributed by atoms with E-state index in [-0.39, 0.29) is 6.54 Å². The average Bonchev–Trinajstić information content (AvgIpc) is 3.02. The Balaban J connectivity index is 2.16. The number of amides is 1. The van der Waals surface area contributed by atoms with Crippen molar-refractivity contribution in [2.75, 3.05) is 31.1 Å². The molecule has 0 radical (unpaired) electrons. The SMILES string of the molecule is CC#CCn1c(N2CCN(C(=O)O)CC2)nc2c1c(=O)n(C)c(=O)n2C. The number of hydrogen-bond acceptors (Lipinski definition) is 5. The van der Waals surface area contributed by atoms with E-state index >= 15 is 0 Å². The van der Waals surface area contributed by atoms with Crippen LogP contribution in [0.25, 0.3) is 11.2 Å². The molecule has 138 valence electrons. The zero-order chi connectivity index (χ0) is 19.0. The number of fused-ring (bicyclic) bond motifs is 1. The van der Waals surface area contributed by atoms with E-state index in [2.05, 4.69) is 16.8 Å². The zero-order valence-corrected chi connectivity index (χ0v) is 14.9. The van der Waals surface area contributed by atoms with Crippen LogP contribution in [0.5, 0.6) is 0 Å². The van der Waals surface area contributed by atoms with Crippen molar-refractivity contribution in [2.45, 2.75) is 13.5 Å². The number of hydrogen-bond donors (Lipinski definition) is 1. The molecule has 1 aliphatic heterocycles. The summed E-state index contributed by atoms with van der Waals surface area (Å²) in [6, 6.07) is 0. The molecular weight excluding hydrogens is 340 g/mol. The second-order valence-electron chi connectivity index (χ2n) is 6.06. The van der Waals surface area contributed by atoms with E-state index in [4.69, 9.17) is 5.11 Å². The Labute approximate surface area is 148 Å². The lowest BCUT2D eigenvalue weighted by atomic mass is 10.3. The highest BCUT2D eigenvalue weighted by molar-refractivity contribution is 5.75. The van der Waals surface area contributed by atoms with Gasteiger partial charge in [-0.2, -0.15) is 4.98 Å². The Morgan fingerprint density at radius 1 is 1.15 bits per heavy atom. The van der Waals surface area contributed by atoms with Crippen molar-refractivity contribution in [2.24, 2.45) is 14.1 Å². The van der Waals surface area contributed by atoms with Crippen molar-refractivity contribution in [3.8, 4) is 11.8 Å². The molecule has 0 saturated carbocycles. The van der Waals surface area contributed by atoms with Gasteiger partial charge in [0.1, 0.15) is 0 Å². The average molecular weight is 360 g/mol. The molecule has 2 aromatic heterocycles. The van der Waals surface area contributed by atoms with E-state index in [1.165, 1.54) is 16.5 Å². The van der Waals surface area contributed by atoms with Crippen molar-refractivity contribution in [3.63, 3.8) is 0 Å². The van der Waals surface area contributed by atoms with Crippen molar-refractivity contribution >= 4 is 23.2 Å². The zero-order valence-electron chi connectivity index (χ0n) is 14.9. The van der Waals surface area contributed by atoms with E-state index in [0.717, 1.165) is 4.57 Å². The largest absolute Gasteiger partial charge is 0.465 e. The first kappa shape index (κ1) is 17.6. The fraction of sp³-hybridized carbons (Fsp3) is 0.500. The van der Waals surface area contributed by atoms with Gasteiger partial charge in [-0.05, 0) is 6.92 Å². The van der Waals surface area contributed by atoms with Crippen LogP contribution >= 0.6 is 0 Å². The first-order chi connectivity index (χ1) is 12.4. The van der Waals surface area contributed by atoms with Crippen LogP contribution in [0.4, 0.5) is 10.7 Å². The Bertz CT molecular complexity index is 1040. The van der Waals surface area contributed by atoms with Gasteiger partial charge in [0.15, 0.2) is 11.2 Å². The van der Waals surface area contributed by atoms with Gasteiger partial charge in [-0.3, -0.25) is 18.5 Å². The molecule has 3 heterocycles. The van der Waals surface area contributed by atoms with Crippen LogP contribution < -0.4 is 16.1 Å². The molecule has 26 heavy (non-hydrogen) atoms. The summed E-state index contributed by atoms with van der Waals surface area (Å²) in [5.41, 5.74) is -0.264. The monoisotopic (exact) mass is 360 g/mol. The Hall–Kier alpha value is -3.22. The number of carboxylic acid groups (broad SMARTS) is 1.